The third kappa shape index (κ3) is 4.93. The number of carbonyl (C=O) groups excluding carboxylic acids is 1. The molecule has 1 amide bonds. The predicted octanol–water partition coefficient (Wildman–Crippen LogP) is 0.0119. The van der Waals surface area contributed by atoms with Gasteiger partial charge in [0.05, 0.1) is 19.8 Å². The highest BCUT2D eigenvalue weighted by Gasteiger charge is 2.48. The zero-order chi connectivity index (χ0) is 11.9. The number of aliphatic hydroxyl groups excluding tert-OH is 1. The van der Waals surface area contributed by atoms with Gasteiger partial charge < -0.3 is 15.2 Å². The van der Waals surface area contributed by atoms with Crippen molar-refractivity contribution < 1.29 is 32.2 Å². The molecular weight excluding hydrogens is 222 g/mol. The molecule has 0 aromatic carbocycles. The van der Waals surface area contributed by atoms with Gasteiger partial charge in [-0.1, -0.05) is 0 Å². The molecule has 0 aromatic rings. The van der Waals surface area contributed by atoms with Crippen LogP contribution in [0, 0.1) is 0 Å². The second-order valence-corrected chi connectivity index (χ2v) is 2.52. The van der Waals surface area contributed by atoms with E-state index in [0.29, 0.717) is 0 Å². The smallest absolute Gasteiger partial charge is 0.383 e. The van der Waals surface area contributed by atoms with Gasteiger partial charge in [-0.15, -0.1) is 0 Å². The Bertz CT molecular complexity index is 201. The number of aliphatic hydroxyl groups is 1. The maximum atomic E-state index is 12.3. The van der Waals surface area contributed by atoms with E-state index in [2.05, 4.69) is 4.74 Å². The van der Waals surface area contributed by atoms with E-state index in [9.17, 15) is 22.4 Å². The van der Waals surface area contributed by atoms with Crippen LogP contribution >= 0.6 is 0 Å². The van der Waals surface area contributed by atoms with Crippen molar-refractivity contribution in [3.8, 4) is 0 Å². The number of alkyl halides is 4. The second-order valence-electron chi connectivity index (χ2n) is 2.52. The first-order chi connectivity index (χ1) is 6.92. The van der Waals surface area contributed by atoms with Crippen LogP contribution in [-0.2, 0) is 9.53 Å². The minimum absolute atomic E-state index is 0.0128. The average molecular weight is 233 g/mol. The van der Waals surface area contributed by atoms with E-state index in [1.54, 1.807) is 5.32 Å². The summed E-state index contributed by atoms with van der Waals surface area (Å²) in [6.45, 7) is -0.713. The van der Waals surface area contributed by atoms with E-state index in [1.165, 1.54) is 0 Å². The van der Waals surface area contributed by atoms with Crippen LogP contribution in [0.4, 0.5) is 17.6 Å². The fourth-order valence-corrected chi connectivity index (χ4v) is 0.620. The lowest BCUT2D eigenvalue weighted by molar-refractivity contribution is -0.169. The summed E-state index contributed by atoms with van der Waals surface area (Å²) in [6.07, 6.45) is -4.03. The summed E-state index contributed by atoms with van der Waals surface area (Å²) in [4.78, 5) is 10.5. The molecule has 0 saturated heterocycles. The minimum atomic E-state index is -4.68. The molecule has 0 aliphatic carbocycles. The van der Waals surface area contributed by atoms with E-state index in [1.807, 2.05) is 0 Å². The van der Waals surface area contributed by atoms with E-state index < -0.39 is 18.3 Å². The van der Waals surface area contributed by atoms with Crippen molar-refractivity contribution >= 4 is 5.91 Å². The quantitative estimate of drug-likeness (QED) is 0.481. The van der Waals surface area contributed by atoms with Crippen molar-refractivity contribution in [2.45, 2.75) is 12.3 Å². The van der Waals surface area contributed by atoms with Crippen molar-refractivity contribution in [3.05, 3.63) is 0 Å². The van der Waals surface area contributed by atoms with Crippen LogP contribution in [0.15, 0.2) is 0 Å². The van der Waals surface area contributed by atoms with Crippen LogP contribution in [0.2, 0.25) is 0 Å². The van der Waals surface area contributed by atoms with Gasteiger partial charge in [-0.2, -0.15) is 8.78 Å². The Balaban J connectivity index is 3.74. The largest absolute Gasteiger partial charge is 0.394 e. The van der Waals surface area contributed by atoms with Crippen molar-refractivity contribution in [2.75, 3.05) is 26.4 Å². The number of amides is 1. The summed E-state index contributed by atoms with van der Waals surface area (Å²) in [7, 11) is 0. The maximum Gasteiger partial charge on any atom is 0.383 e. The molecule has 90 valence electrons. The van der Waals surface area contributed by atoms with Gasteiger partial charge in [0.1, 0.15) is 0 Å². The van der Waals surface area contributed by atoms with Gasteiger partial charge in [-0.05, 0) is 0 Å². The predicted molar refractivity (Wildman–Crippen MR) is 41.9 cm³/mol. The van der Waals surface area contributed by atoms with E-state index in [0.717, 1.165) is 0 Å². The van der Waals surface area contributed by atoms with Gasteiger partial charge in [0.25, 0.3) is 5.91 Å². The average Bonchev–Trinajstić information content (AvgIpc) is 2.16. The summed E-state index contributed by atoms with van der Waals surface area (Å²) in [5.41, 5.74) is 0. The number of nitrogens with one attached hydrogen (secondary N) is 1. The lowest BCUT2D eigenvalue weighted by Crippen LogP contribution is -2.46. The molecule has 0 spiro atoms. The highest BCUT2D eigenvalue weighted by Crippen LogP contribution is 2.22. The fourth-order valence-electron chi connectivity index (χ4n) is 0.620. The molecule has 0 heterocycles. The molecule has 4 nitrogen and oxygen atoms in total. The van der Waals surface area contributed by atoms with Crippen molar-refractivity contribution in [2.24, 2.45) is 0 Å². The molecule has 0 unspecified atom stereocenters. The van der Waals surface area contributed by atoms with Gasteiger partial charge >= 0.3 is 12.3 Å². The molecule has 0 bridgehead atoms. The van der Waals surface area contributed by atoms with E-state index >= 15 is 0 Å². The normalized spacial score (nSPS) is 11.9. The minimum Gasteiger partial charge on any atom is -0.394 e. The molecular formula is C7H11F4NO3. The Labute approximate surface area is 83.2 Å². The number of hydrogen-bond donors (Lipinski definition) is 2. The highest BCUT2D eigenvalue weighted by atomic mass is 19.3. The number of carbonyl (C=O) groups is 1. The van der Waals surface area contributed by atoms with Gasteiger partial charge in [-0.3, -0.25) is 4.79 Å². The standard InChI is InChI=1S/C7H11F4NO3/c8-5(9)7(10,11)6(14)12-1-3-15-4-2-13/h5,13H,1-4H2,(H,12,14). The first kappa shape index (κ1) is 14.1. The molecule has 0 aromatic heterocycles. The second kappa shape index (κ2) is 6.57. The zero-order valence-electron chi connectivity index (χ0n) is 7.68. The third-order valence-corrected chi connectivity index (χ3v) is 1.34. The van der Waals surface area contributed by atoms with Crippen LogP contribution in [-0.4, -0.2) is 49.7 Å². The van der Waals surface area contributed by atoms with Gasteiger partial charge in [-0.25, -0.2) is 8.78 Å². The highest BCUT2D eigenvalue weighted by molar-refractivity contribution is 5.83. The van der Waals surface area contributed by atoms with Gasteiger partial charge in [0.15, 0.2) is 0 Å². The van der Waals surface area contributed by atoms with Crippen LogP contribution in [0.25, 0.3) is 0 Å². The van der Waals surface area contributed by atoms with Gasteiger partial charge in [0.2, 0.25) is 0 Å². The number of rotatable bonds is 7. The Morgan fingerprint density at radius 2 is 2.00 bits per heavy atom. The summed E-state index contributed by atoms with van der Waals surface area (Å²) >= 11 is 0. The number of halogens is 4. The molecule has 0 radical (unpaired) electrons. The Morgan fingerprint density at radius 1 is 1.40 bits per heavy atom. The van der Waals surface area contributed by atoms with Crippen LogP contribution in [0.3, 0.4) is 0 Å². The lowest BCUT2D eigenvalue weighted by Gasteiger charge is -2.14. The van der Waals surface area contributed by atoms with Crippen LogP contribution < -0.4 is 5.32 Å². The van der Waals surface area contributed by atoms with Crippen LogP contribution in [0.5, 0.6) is 0 Å². The van der Waals surface area contributed by atoms with Crippen molar-refractivity contribution in [1.82, 2.24) is 5.32 Å². The molecule has 0 rings (SSSR count). The summed E-state index contributed by atoms with van der Waals surface area (Å²) in [5, 5.41) is 9.83. The zero-order valence-corrected chi connectivity index (χ0v) is 7.68. The van der Waals surface area contributed by atoms with Crippen molar-refractivity contribution in [3.63, 3.8) is 0 Å². The Kier molecular flexibility index (Phi) is 6.18. The van der Waals surface area contributed by atoms with Gasteiger partial charge in [0, 0.05) is 6.54 Å². The lowest BCUT2D eigenvalue weighted by atomic mass is 10.3. The van der Waals surface area contributed by atoms with E-state index in [-0.39, 0.29) is 26.4 Å². The first-order valence-corrected chi connectivity index (χ1v) is 4.05. The number of hydrogen-bond acceptors (Lipinski definition) is 3. The number of ether oxygens (including phenoxy) is 1. The Morgan fingerprint density at radius 3 is 2.47 bits per heavy atom. The monoisotopic (exact) mass is 233 g/mol. The summed E-state index contributed by atoms with van der Waals surface area (Å²) in [5.74, 6) is -6.72. The molecule has 0 aliphatic rings. The molecule has 8 heteroatoms. The third-order valence-electron chi connectivity index (χ3n) is 1.34. The fraction of sp³-hybridized carbons (Fsp3) is 0.857. The molecule has 2 N–H and O–H groups in total. The summed E-state index contributed by atoms with van der Waals surface area (Å²) < 4.78 is 52.4. The topological polar surface area (TPSA) is 58.6 Å². The molecule has 15 heavy (non-hydrogen) atoms. The van der Waals surface area contributed by atoms with E-state index in [4.69, 9.17) is 5.11 Å². The first-order valence-electron chi connectivity index (χ1n) is 4.05. The van der Waals surface area contributed by atoms with Crippen molar-refractivity contribution in [1.29, 1.82) is 0 Å². The SMILES string of the molecule is O=C(NCCOCCO)C(F)(F)C(F)F. The molecule has 0 fully saturated rings. The Hall–Kier alpha value is -0.890. The molecule has 0 aliphatic heterocycles. The molecule has 0 saturated carbocycles. The summed E-state index contributed by atoms with van der Waals surface area (Å²) in [6, 6.07) is 0. The molecule has 0 atom stereocenters. The maximum absolute atomic E-state index is 12.3. The van der Waals surface area contributed by atoms with Crippen LogP contribution in [0.1, 0.15) is 0 Å².